The van der Waals surface area contributed by atoms with Crippen LogP contribution >= 0.6 is 11.8 Å². The summed E-state index contributed by atoms with van der Waals surface area (Å²) in [6, 6.07) is 2.15. The average molecular weight is 213 g/mol. The van der Waals surface area contributed by atoms with E-state index in [0.29, 0.717) is 11.7 Å². The van der Waals surface area contributed by atoms with Crippen LogP contribution in [0.25, 0.3) is 0 Å². The van der Waals surface area contributed by atoms with Crippen molar-refractivity contribution in [3.63, 3.8) is 0 Å². The summed E-state index contributed by atoms with van der Waals surface area (Å²) < 4.78 is 1.49. The molecule has 6 nitrogen and oxygen atoms in total. The number of thioether (sulfide) groups is 1. The van der Waals surface area contributed by atoms with Crippen LogP contribution in [0.3, 0.4) is 0 Å². The Morgan fingerprint density at radius 2 is 2.50 bits per heavy atom. The van der Waals surface area contributed by atoms with Crippen LogP contribution in [0.2, 0.25) is 0 Å². The Bertz CT molecular complexity index is 320. The molecule has 1 unspecified atom stereocenters. The molecule has 7 heteroatoms. The predicted octanol–water partition coefficient (Wildman–Crippen LogP) is 0.0597. The summed E-state index contributed by atoms with van der Waals surface area (Å²) in [6.45, 7) is 2.28. The average Bonchev–Trinajstić information content (AvgIpc) is 2.62. The van der Waals surface area contributed by atoms with Gasteiger partial charge in [-0.15, -0.1) is 5.10 Å². The number of nitriles is 1. The Morgan fingerprint density at radius 1 is 1.71 bits per heavy atom. The number of aromatic nitrogens is 4. The summed E-state index contributed by atoms with van der Waals surface area (Å²) in [5.74, 6) is 0. The van der Waals surface area contributed by atoms with Crippen molar-refractivity contribution >= 4 is 11.8 Å². The molecule has 0 bridgehead atoms. The van der Waals surface area contributed by atoms with Crippen LogP contribution in [0.1, 0.15) is 13.3 Å². The predicted molar refractivity (Wildman–Crippen MR) is 50.5 cm³/mol. The molecule has 0 aliphatic carbocycles. The number of hydrogen-bond acceptors (Lipinski definition) is 6. The van der Waals surface area contributed by atoms with Crippen molar-refractivity contribution < 1.29 is 5.11 Å². The lowest BCUT2D eigenvalue weighted by Crippen LogP contribution is -2.07. The molecule has 0 saturated heterocycles. The zero-order chi connectivity index (χ0) is 10.4. The smallest absolute Gasteiger partial charge is 0.210 e. The second-order valence-electron chi connectivity index (χ2n) is 2.55. The highest BCUT2D eigenvalue weighted by molar-refractivity contribution is 8.00. The molecule has 1 aromatic rings. The fourth-order valence-electron chi connectivity index (χ4n) is 0.844. The molecule has 1 aromatic heterocycles. The lowest BCUT2D eigenvalue weighted by molar-refractivity contribution is 0.262. The topological polar surface area (TPSA) is 87.6 Å². The zero-order valence-corrected chi connectivity index (χ0v) is 8.61. The standard InChI is InChI=1S/C7H11N5OS/c1-2-6(5-8)14-7-9-10-11-12(7)3-4-13/h6,13H,2-4H2,1H3. The number of tetrazole rings is 1. The van der Waals surface area contributed by atoms with Gasteiger partial charge in [0.05, 0.1) is 24.5 Å². The third-order valence-electron chi connectivity index (χ3n) is 1.57. The molecule has 0 saturated carbocycles. The van der Waals surface area contributed by atoms with E-state index in [4.69, 9.17) is 10.4 Å². The maximum atomic E-state index is 8.75. The second-order valence-corrected chi connectivity index (χ2v) is 3.72. The highest BCUT2D eigenvalue weighted by Gasteiger charge is 2.12. The van der Waals surface area contributed by atoms with Crippen LogP contribution in [-0.2, 0) is 6.54 Å². The number of rotatable bonds is 5. The van der Waals surface area contributed by atoms with Gasteiger partial charge in [-0.1, -0.05) is 18.7 Å². The highest BCUT2D eigenvalue weighted by Crippen LogP contribution is 2.21. The van der Waals surface area contributed by atoms with E-state index in [0.717, 1.165) is 6.42 Å². The van der Waals surface area contributed by atoms with Crippen molar-refractivity contribution in [2.24, 2.45) is 0 Å². The summed E-state index contributed by atoms with van der Waals surface area (Å²) in [4.78, 5) is 0. The summed E-state index contributed by atoms with van der Waals surface area (Å²) in [7, 11) is 0. The molecule has 1 N–H and O–H groups in total. The van der Waals surface area contributed by atoms with Gasteiger partial charge in [-0.25, -0.2) is 4.68 Å². The van der Waals surface area contributed by atoms with Crippen molar-refractivity contribution in [3.8, 4) is 6.07 Å². The van der Waals surface area contributed by atoms with Crippen molar-refractivity contribution in [1.29, 1.82) is 5.26 Å². The molecule has 0 aliphatic heterocycles. The number of nitrogens with zero attached hydrogens (tertiary/aromatic N) is 5. The van der Waals surface area contributed by atoms with Gasteiger partial charge in [-0.2, -0.15) is 5.26 Å². The molecule has 1 atom stereocenters. The minimum Gasteiger partial charge on any atom is -0.394 e. The fraction of sp³-hybridized carbons (Fsp3) is 0.714. The number of aliphatic hydroxyl groups is 1. The van der Waals surface area contributed by atoms with Crippen molar-refractivity contribution in [3.05, 3.63) is 0 Å². The maximum absolute atomic E-state index is 8.75. The van der Waals surface area contributed by atoms with E-state index in [9.17, 15) is 0 Å². The van der Waals surface area contributed by atoms with Gasteiger partial charge in [-0.05, 0) is 16.8 Å². The van der Waals surface area contributed by atoms with Crippen LogP contribution in [0.4, 0.5) is 0 Å². The SMILES string of the molecule is CCC(C#N)Sc1nnnn1CCO. The summed E-state index contributed by atoms with van der Waals surface area (Å²) in [6.07, 6.45) is 0.743. The van der Waals surface area contributed by atoms with Gasteiger partial charge >= 0.3 is 0 Å². The third-order valence-corrected chi connectivity index (χ3v) is 2.80. The van der Waals surface area contributed by atoms with Gasteiger partial charge in [0.2, 0.25) is 5.16 Å². The molecule has 0 amide bonds. The van der Waals surface area contributed by atoms with E-state index in [-0.39, 0.29) is 11.9 Å². The molecule has 1 rings (SSSR count). The molecule has 0 aromatic carbocycles. The highest BCUT2D eigenvalue weighted by atomic mass is 32.2. The molecule has 0 radical (unpaired) electrons. The number of aliphatic hydroxyl groups excluding tert-OH is 1. The van der Waals surface area contributed by atoms with Gasteiger partial charge in [0.25, 0.3) is 0 Å². The molecule has 14 heavy (non-hydrogen) atoms. The third kappa shape index (κ3) is 2.68. The van der Waals surface area contributed by atoms with Gasteiger partial charge in [-0.3, -0.25) is 0 Å². The van der Waals surface area contributed by atoms with Crippen LogP contribution < -0.4 is 0 Å². The van der Waals surface area contributed by atoms with Gasteiger partial charge in [0.1, 0.15) is 0 Å². The Hall–Kier alpha value is -1.13. The lowest BCUT2D eigenvalue weighted by Gasteiger charge is -2.04. The normalized spacial score (nSPS) is 12.4. The monoisotopic (exact) mass is 213 g/mol. The Kier molecular flexibility index (Phi) is 4.35. The largest absolute Gasteiger partial charge is 0.394 e. The molecule has 0 spiro atoms. The molecular formula is C7H11N5OS. The van der Waals surface area contributed by atoms with E-state index in [1.54, 1.807) is 0 Å². The quantitative estimate of drug-likeness (QED) is 0.696. The maximum Gasteiger partial charge on any atom is 0.210 e. The first kappa shape index (κ1) is 10.9. The van der Waals surface area contributed by atoms with Gasteiger partial charge < -0.3 is 5.11 Å². The van der Waals surface area contributed by atoms with E-state index in [1.807, 2.05) is 6.92 Å². The minimum absolute atomic E-state index is 0.0120. The van der Waals surface area contributed by atoms with Gasteiger partial charge in [0.15, 0.2) is 0 Å². The van der Waals surface area contributed by atoms with Crippen LogP contribution in [0, 0.1) is 11.3 Å². The van der Waals surface area contributed by atoms with E-state index < -0.39 is 0 Å². The fourth-order valence-corrected chi connectivity index (χ4v) is 1.65. The molecule has 76 valence electrons. The Morgan fingerprint density at radius 3 is 3.07 bits per heavy atom. The van der Waals surface area contributed by atoms with Crippen LogP contribution in [0.5, 0.6) is 0 Å². The van der Waals surface area contributed by atoms with Crippen molar-refractivity contribution in [1.82, 2.24) is 20.2 Å². The first-order valence-electron chi connectivity index (χ1n) is 4.25. The molecular weight excluding hydrogens is 202 g/mol. The van der Waals surface area contributed by atoms with E-state index >= 15 is 0 Å². The number of hydrogen-bond donors (Lipinski definition) is 1. The van der Waals surface area contributed by atoms with E-state index in [1.165, 1.54) is 16.4 Å². The first-order valence-corrected chi connectivity index (χ1v) is 5.13. The molecule has 0 aliphatic rings. The Labute approximate surface area is 85.9 Å². The van der Waals surface area contributed by atoms with Gasteiger partial charge in [0, 0.05) is 0 Å². The van der Waals surface area contributed by atoms with Crippen molar-refractivity contribution in [2.75, 3.05) is 6.61 Å². The molecule has 0 fully saturated rings. The molecule has 1 heterocycles. The first-order chi connectivity index (χ1) is 6.81. The summed E-state index contributed by atoms with van der Waals surface area (Å²) in [5, 5.41) is 28.9. The van der Waals surface area contributed by atoms with Crippen LogP contribution in [-0.4, -0.2) is 37.2 Å². The van der Waals surface area contributed by atoms with Crippen LogP contribution in [0.15, 0.2) is 5.16 Å². The Balaban J connectivity index is 2.66. The summed E-state index contributed by atoms with van der Waals surface area (Å²) >= 11 is 1.32. The van der Waals surface area contributed by atoms with Crippen molar-refractivity contribution in [2.45, 2.75) is 30.3 Å². The second kappa shape index (κ2) is 5.57. The minimum atomic E-state index is -0.140. The van der Waals surface area contributed by atoms with E-state index in [2.05, 4.69) is 21.6 Å². The lowest BCUT2D eigenvalue weighted by atomic mass is 10.4. The summed E-state index contributed by atoms with van der Waals surface area (Å²) in [5.41, 5.74) is 0. The zero-order valence-electron chi connectivity index (χ0n) is 7.79.